The number of carbonyl (C=O) groups excluding carboxylic acids is 2. The van der Waals surface area contributed by atoms with Gasteiger partial charge in [-0.05, 0) is 46.7 Å². The van der Waals surface area contributed by atoms with Gasteiger partial charge >= 0.3 is 11.9 Å². The smallest absolute Gasteiger partial charge is 0.334 e. The molecule has 6 nitrogen and oxygen atoms in total. The molecular formula is C35H44O6Si. The molecular weight excluding hydrogens is 544 g/mol. The Morgan fingerprint density at radius 2 is 1.55 bits per heavy atom. The Morgan fingerprint density at radius 1 is 0.952 bits per heavy atom. The Morgan fingerprint density at radius 3 is 2.12 bits per heavy atom. The number of cyclic esters (lactones) is 1. The monoisotopic (exact) mass is 588 g/mol. The highest BCUT2D eigenvalue weighted by Gasteiger charge is 2.73. The minimum absolute atomic E-state index is 0.140. The molecule has 7 heteroatoms. The first-order valence-corrected chi connectivity index (χ1v) is 17.4. The van der Waals surface area contributed by atoms with Crippen LogP contribution in [0.5, 0.6) is 0 Å². The molecule has 0 aromatic heterocycles. The van der Waals surface area contributed by atoms with E-state index in [0.717, 1.165) is 18.4 Å². The van der Waals surface area contributed by atoms with Crippen LogP contribution in [-0.4, -0.2) is 50.8 Å². The summed E-state index contributed by atoms with van der Waals surface area (Å²) in [6, 6.07) is 21.3. The lowest BCUT2D eigenvalue weighted by molar-refractivity contribution is -0.170. The first-order chi connectivity index (χ1) is 19.9. The van der Waals surface area contributed by atoms with Gasteiger partial charge in [-0.2, -0.15) is 0 Å². The van der Waals surface area contributed by atoms with E-state index in [9.17, 15) is 9.59 Å². The third kappa shape index (κ3) is 4.42. The zero-order valence-corrected chi connectivity index (χ0v) is 26.8. The summed E-state index contributed by atoms with van der Waals surface area (Å²) < 4.78 is 27.0. The molecule has 0 saturated carbocycles. The molecule has 0 amide bonds. The van der Waals surface area contributed by atoms with Crippen LogP contribution in [-0.2, 0) is 28.2 Å². The van der Waals surface area contributed by atoms with Gasteiger partial charge in [0.1, 0.15) is 5.60 Å². The Balaban J connectivity index is 1.50. The predicted molar refractivity (Wildman–Crippen MR) is 164 cm³/mol. The molecule has 1 spiro atoms. The van der Waals surface area contributed by atoms with Crippen molar-refractivity contribution >= 4 is 30.6 Å². The van der Waals surface area contributed by atoms with Crippen LogP contribution < -0.4 is 10.4 Å². The van der Waals surface area contributed by atoms with Gasteiger partial charge in [-0.3, -0.25) is 4.79 Å². The van der Waals surface area contributed by atoms with Crippen molar-refractivity contribution in [2.45, 2.75) is 103 Å². The quantitative estimate of drug-likeness (QED) is 0.341. The molecule has 2 aromatic rings. The van der Waals surface area contributed by atoms with Gasteiger partial charge in [0.05, 0.1) is 18.8 Å². The summed E-state index contributed by atoms with van der Waals surface area (Å²) in [5, 5.41) is 2.25. The van der Waals surface area contributed by atoms with Crippen molar-refractivity contribution in [3.63, 3.8) is 0 Å². The number of fused-ring (bicyclic) bond motifs is 1. The number of ether oxygens (including phenoxy) is 3. The molecule has 0 N–H and O–H groups in total. The number of benzene rings is 2. The summed E-state index contributed by atoms with van der Waals surface area (Å²) in [7, 11) is -2.88. The van der Waals surface area contributed by atoms with Crippen LogP contribution in [0.4, 0.5) is 0 Å². The van der Waals surface area contributed by atoms with Gasteiger partial charge in [0.15, 0.2) is 6.10 Å². The highest BCUT2D eigenvalue weighted by atomic mass is 28.4. The maximum atomic E-state index is 13.2. The first kappa shape index (κ1) is 29.3. The van der Waals surface area contributed by atoms with Gasteiger partial charge in [-0.25, -0.2) is 4.79 Å². The molecule has 1 aliphatic carbocycles. The number of esters is 2. The lowest BCUT2D eigenvalue weighted by atomic mass is 9.59. The number of rotatable bonds is 5. The van der Waals surface area contributed by atoms with Gasteiger partial charge in [0.25, 0.3) is 8.32 Å². The van der Waals surface area contributed by atoms with E-state index in [4.69, 9.17) is 18.6 Å². The van der Waals surface area contributed by atoms with Crippen molar-refractivity contribution in [3.8, 4) is 0 Å². The molecule has 5 atom stereocenters. The van der Waals surface area contributed by atoms with E-state index < -0.39 is 20.0 Å². The molecule has 224 valence electrons. The van der Waals surface area contributed by atoms with E-state index in [0.29, 0.717) is 24.8 Å². The summed E-state index contributed by atoms with van der Waals surface area (Å²) in [4.78, 5) is 25.9. The molecule has 6 rings (SSSR count). The third-order valence-corrected chi connectivity index (χ3v) is 15.4. The van der Waals surface area contributed by atoms with Crippen molar-refractivity contribution in [2.75, 3.05) is 6.61 Å². The summed E-state index contributed by atoms with van der Waals surface area (Å²) >= 11 is 0. The SMILES string of the molecule is CC(=O)O[C@H]1C2=C(CCCC2)C(=O)OC[C@H]2C(C)(C)[C@H]3O[C@@]12C[C@@H]3O[Si](c1ccccc1)(c1ccccc1)C(C)(C)C. The minimum Gasteiger partial charge on any atom is -0.462 e. The largest absolute Gasteiger partial charge is 0.462 e. The van der Waals surface area contributed by atoms with Crippen LogP contribution in [0.25, 0.3) is 0 Å². The zero-order valence-electron chi connectivity index (χ0n) is 25.8. The van der Waals surface area contributed by atoms with E-state index in [1.54, 1.807) is 0 Å². The van der Waals surface area contributed by atoms with Crippen LogP contribution in [0.15, 0.2) is 71.8 Å². The van der Waals surface area contributed by atoms with E-state index in [1.165, 1.54) is 17.3 Å². The van der Waals surface area contributed by atoms with Gasteiger partial charge in [0, 0.05) is 30.3 Å². The summed E-state index contributed by atoms with van der Waals surface area (Å²) in [6.45, 7) is 12.9. The zero-order chi connectivity index (χ0) is 29.9. The van der Waals surface area contributed by atoms with E-state index in [-0.39, 0.29) is 47.1 Å². The maximum Gasteiger partial charge on any atom is 0.334 e. The molecule has 42 heavy (non-hydrogen) atoms. The molecule has 3 aliphatic heterocycles. The van der Waals surface area contributed by atoms with Crippen LogP contribution in [0, 0.1) is 11.3 Å². The van der Waals surface area contributed by atoms with E-state index >= 15 is 0 Å². The lowest BCUT2D eigenvalue weighted by Crippen LogP contribution is -2.69. The Labute approximate surface area is 250 Å². The standard InChI is InChI=1S/C35H44O6Si/c1-23(36)39-30-26-19-13-14-20-27(26)32(37)38-22-29-34(5,6)31-28(21-35(29,30)40-31)41-42(33(2,3)4,24-15-9-7-10-16-24)25-17-11-8-12-18-25/h7-12,15-18,28-31H,13-14,19-22H2,1-6H3/t28-,29-,30-,31-,35+/m0/s1. The van der Waals surface area contributed by atoms with Crippen LogP contribution in [0.3, 0.4) is 0 Å². The molecule has 2 saturated heterocycles. The topological polar surface area (TPSA) is 71.1 Å². The Bertz CT molecular complexity index is 1340. The molecule has 2 bridgehead atoms. The van der Waals surface area contributed by atoms with Gasteiger partial charge in [-0.15, -0.1) is 0 Å². The second-order valence-electron chi connectivity index (χ2n) is 14.2. The number of carbonyl (C=O) groups is 2. The average Bonchev–Trinajstić information content (AvgIpc) is 3.44. The van der Waals surface area contributed by atoms with Gasteiger partial charge < -0.3 is 18.6 Å². The Hall–Kier alpha value is -2.74. The number of hydrogen-bond donors (Lipinski definition) is 0. The fourth-order valence-electron chi connectivity index (χ4n) is 8.52. The number of hydrogen-bond acceptors (Lipinski definition) is 6. The molecule has 0 unspecified atom stereocenters. The van der Waals surface area contributed by atoms with E-state index in [1.807, 2.05) is 0 Å². The minimum atomic E-state index is -2.88. The average molecular weight is 589 g/mol. The fourth-order valence-corrected chi connectivity index (χ4v) is 13.2. The molecule has 0 radical (unpaired) electrons. The summed E-state index contributed by atoms with van der Waals surface area (Å²) in [5.74, 6) is -0.769. The lowest BCUT2D eigenvalue weighted by Gasteiger charge is -2.51. The predicted octanol–water partition coefficient (Wildman–Crippen LogP) is 5.47. The van der Waals surface area contributed by atoms with E-state index in [2.05, 4.69) is 95.3 Å². The van der Waals surface area contributed by atoms with Crippen molar-refractivity contribution < 1.29 is 28.2 Å². The molecule has 3 heterocycles. The molecule has 4 aliphatic rings. The highest BCUT2D eigenvalue weighted by molar-refractivity contribution is 6.99. The first-order valence-electron chi connectivity index (χ1n) is 15.4. The van der Waals surface area contributed by atoms with Crippen LogP contribution in [0.2, 0.25) is 5.04 Å². The van der Waals surface area contributed by atoms with Gasteiger partial charge in [-0.1, -0.05) is 95.3 Å². The van der Waals surface area contributed by atoms with Crippen molar-refractivity contribution in [2.24, 2.45) is 11.3 Å². The van der Waals surface area contributed by atoms with Crippen molar-refractivity contribution in [1.82, 2.24) is 0 Å². The normalized spacial score (nSPS) is 30.6. The van der Waals surface area contributed by atoms with Crippen LogP contribution in [0.1, 0.15) is 73.6 Å². The maximum absolute atomic E-state index is 13.2. The third-order valence-electron chi connectivity index (χ3n) is 10.4. The van der Waals surface area contributed by atoms with Crippen molar-refractivity contribution in [3.05, 3.63) is 71.8 Å². The molecule has 2 fully saturated rings. The highest BCUT2D eigenvalue weighted by Crippen LogP contribution is 2.63. The second-order valence-corrected chi connectivity index (χ2v) is 18.4. The summed E-state index contributed by atoms with van der Waals surface area (Å²) in [5.41, 5.74) is 0.323. The van der Waals surface area contributed by atoms with Gasteiger partial charge in [0.2, 0.25) is 0 Å². The molecule has 2 aromatic carbocycles. The Kier molecular flexibility index (Phi) is 7.30. The second kappa shape index (κ2) is 10.5. The fraction of sp³-hybridized carbons (Fsp3) is 0.543. The summed E-state index contributed by atoms with van der Waals surface area (Å²) in [6.07, 6.45) is 2.65. The van der Waals surface area contributed by atoms with Crippen molar-refractivity contribution in [1.29, 1.82) is 0 Å². The van der Waals surface area contributed by atoms with Crippen LogP contribution >= 0.6 is 0 Å².